The molecule has 2 amide bonds. The Kier molecular flexibility index (Phi) is 6.03. The number of hydrogen-bond donors (Lipinski definition) is 2. The fourth-order valence-electron chi connectivity index (χ4n) is 3.43. The van der Waals surface area contributed by atoms with Crippen molar-refractivity contribution < 1.29 is 9.59 Å². The summed E-state index contributed by atoms with van der Waals surface area (Å²) in [6.07, 6.45) is 9.30. The Morgan fingerprint density at radius 3 is 2.73 bits per heavy atom. The lowest BCUT2D eigenvalue weighted by atomic mass is 10.2. The molecule has 0 radical (unpaired) electrons. The molecule has 154 valence electrons. The highest BCUT2D eigenvalue weighted by Crippen LogP contribution is 2.18. The van der Waals surface area contributed by atoms with Gasteiger partial charge in [-0.25, -0.2) is 9.97 Å². The number of amides is 2. The normalized spacial score (nSPS) is 13.5. The maximum atomic E-state index is 12.4. The number of imidazole rings is 1. The van der Waals surface area contributed by atoms with Crippen LogP contribution in [-0.4, -0.2) is 50.9 Å². The van der Waals surface area contributed by atoms with Gasteiger partial charge in [0.25, 0.3) is 5.91 Å². The molecule has 1 saturated heterocycles. The highest BCUT2D eigenvalue weighted by atomic mass is 16.2. The van der Waals surface area contributed by atoms with E-state index in [9.17, 15) is 9.59 Å². The third-order valence-electron chi connectivity index (χ3n) is 5.03. The van der Waals surface area contributed by atoms with Gasteiger partial charge in [-0.2, -0.15) is 0 Å². The molecule has 2 N–H and O–H groups in total. The molecule has 0 bridgehead atoms. The number of rotatable bonds is 8. The van der Waals surface area contributed by atoms with Crippen LogP contribution in [0.25, 0.3) is 5.69 Å². The van der Waals surface area contributed by atoms with Gasteiger partial charge in [-0.3, -0.25) is 9.59 Å². The van der Waals surface area contributed by atoms with E-state index in [1.165, 1.54) is 0 Å². The highest BCUT2D eigenvalue weighted by molar-refractivity contribution is 5.94. The summed E-state index contributed by atoms with van der Waals surface area (Å²) in [5, 5.41) is 6.13. The summed E-state index contributed by atoms with van der Waals surface area (Å²) in [4.78, 5) is 34.2. The van der Waals surface area contributed by atoms with Crippen LogP contribution in [0.15, 0.2) is 61.3 Å². The molecule has 2 aromatic heterocycles. The van der Waals surface area contributed by atoms with Crippen LogP contribution in [-0.2, 0) is 4.79 Å². The summed E-state index contributed by atoms with van der Waals surface area (Å²) in [6, 6.07) is 11.3. The zero-order valence-electron chi connectivity index (χ0n) is 16.6. The minimum absolute atomic E-state index is 0.149. The molecule has 0 aliphatic carbocycles. The van der Waals surface area contributed by atoms with Crippen molar-refractivity contribution in [1.82, 2.24) is 24.8 Å². The molecule has 0 unspecified atom stereocenters. The lowest BCUT2D eigenvalue weighted by Crippen LogP contribution is -2.30. The molecule has 0 atom stereocenters. The number of nitrogens with zero attached hydrogens (tertiary/aromatic N) is 4. The summed E-state index contributed by atoms with van der Waals surface area (Å²) < 4.78 is 1.92. The Balaban J connectivity index is 1.29. The van der Waals surface area contributed by atoms with Gasteiger partial charge in [-0.05, 0) is 49.2 Å². The van der Waals surface area contributed by atoms with Crippen LogP contribution in [0.4, 0.5) is 11.5 Å². The molecular formula is C22H24N6O2. The fourth-order valence-corrected chi connectivity index (χ4v) is 3.43. The van der Waals surface area contributed by atoms with Crippen LogP contribution < -0.4 is 10.6 Å². The van der Waals surface area contributed by atoms with Crippen molar-refractivity contribution in [2.24, 2.45) is 0 Å². The summed E-state index contributed by atoms with van der Waals surface area (Å²) in [6.45, 7) is 2.05. The minimum atomic E-state index is -0.149. The zero-order valence-corrected chi connectivity index (χ0v) is 16.6. The van der Waals surface area contributed by atoms with E-state index < -0.39 is 0 Å². The van der Waals surface area contributed by atoms with E-state index in [1.807, 2.05) is 39.9 Å². The molecule has 1 fully saturated rings. The third-order valence-corrected chi connectivity index (χ3v) is 5.03. The first-order valence-electron chi connectivity index (χ1n) is 10.1. The molecule has 8 nitrogen and oxygen atoms in total. The van der Waals surface area contributed by atoms with Crippen LogP contribution in [0.5, 0.6) is 0 Å². The maximum absolute atomic E-state index is 12.4. The Morgan fingerprint density at radius 2 is 2.00 bits per heavy atom. The first-order chi connectivity index (χ1) is 14.7. The van der Waals surface area contributed by atoms with Gasteiger partial charge in [-0.1, -0.05) is 0 Å². The molecule has 0 saturated carbocycles. The largest absolute Gasteiger partial charge is 0.352 e. The lowest BCUT2D eigenvalue weighted by molar-refractivity contribution is -0.127. The molecular weight excluding hydrogens is 380 g/mol. The number of aromatic nitrogens is 3. The second-order valence-corrected chi connectivity index (χ2v) is 7.17. The first kappa shape index (κ1) is 19.6. The van der Waals surface area contributed by atoms with E-state index >= 15 is 0 Å². The van der Waals surface area contributed by atoms with E-state index in [0.717, 1.165) is 30.8 Å². The minimum Gasteiger partial charge on any atom is -0.352 e. The van der Waals surface area contributed by atoms with E-state index in [-0.39, 0.29) is 11.8 Å². The van der Waals surface area contributed by atoms with Crippen molar-refractivity contribution in [3.63, 3.8) is 0 Å². The molecule has 1 aromatic carbocycles. The predicted octanol–water partition coefficient (Wildman–Crippen LogP) is 2.75. The molecule has 8 heteroatoms. The van der Waals surface area contributed by atoms with E-state index in [1.54, 1.807) is 30.9 Å². The lowest BCUT2D eigenvalue weighted by Gasteiger charge is -2.15. The maximum Gasteiger partial charge on any atom is 0.251 e. The van der Waals surface area contributed by atoms with Gasteiger partial charge >= 0.3 is 0 Å². The third kappa shape index (κ3) is 4.83. The summed E-state index contributed by atoms with van der Waals surface area (Å²) in [5.41, 5.74) is 2.42. The van der Waals surface area contributed by atoms with Crippen molar-refractivity contribution in [2.75, 3.05) is 25.0 Å². The number of carbonyl (C=O) groups is 2. The van der Waals surface area contributed by atoms with Gasteiger partial charge in [0.1, 0.15) is 5.82 Å². The quantitative estimate of drug-likeness (QED) is 0.563. The second-order valence-electron chi connectivity index (χ2n) is 7.17. The van der Waals surface area contributed by atoms with Gasteiger partial charge in [0.05, 0.1) is 6.33 Å². The van der Waals surface area contributed by atoms with Gasteiger partial charge in [0.2, 0.25) is 5.91 Å². The summed E-state index contributed by atoms with van der Waals surface area (Å²) in [7, 11) is 0. The second kappa shape index (κ2) is 9.21. The van der Waals surface area contributed by atoms with Crippen LogP contribution in [0.1, 0.15) is 29.6 Å². The van der Waals surface area contributed by atoms with Crippen molar-refractivity contribution >= 4 is 23.3 Å². The van der Waals surface area contributed by atoms with Gasteiger partial charge < -0.3 is 20.1 Å². The summed E-state index contributed by atoms with van der Waals surface area (Å²) >= 11 is 0. The topological polar surface area (TPSA) is 92.1 Å². The number of likely N-dealkylation sites (tertiary alicyclic amines) is 1. The van der Waals surface area contributed by atoms with Crippen molar-refractivity contribution in [1.29, 1.82) is 0 Å². The highest BCUT2D eigenvalue weighted by Gasteiger charge is 2.19. The standard InChI is InChI=1S/C22H24N6O2/c29-21-3-1-12-27(21)13-2-9-25-22(30)17-8-10-24-20(15-17)26-18-4-6-19(7-5-18)28-14-11-23-16-28/h4-8,10-11,14-16H,1-3,9,12-13H2,(H,24,26)(H,25,30). The molecule has 1 aliphatic heterocycles. The number of anilines is 2. The Hall–Kier alpha value is -3.68. The van der Waals surface area contributed by atoms with Crippen LogP contribution in [0.3, 0.4) is 0 Å². The first-order valence-corrected chi connectivity index (χ1v) is 10.1. The Bertz CT molecular complexity index is 1000. The van der Waals surface area contributed by atoms with Crippen molar-refractivity contribution in [2.45, 2.75) is 19.3 Å². The van der Waals surface area contributed by atoms with E-state index in [2.05, 4.69) is 20.6 Å². The SMILES string of the molecule is O=C(NCCCN1CCCC1=O)c1ccnc(Nc2ccc(-n3ccnc3)cc2)c1. The molecule has 1 aliphatic rings. The molecule has 0 spiro atoms. The predicted molar refractivity (Wildman–Crippen MR) is 114 cm³/mol. The van der Waals surface area contributed by atoms with Crippen LogP contribution in [0.2, 0.25) is 0 Å². The molecule has 30 heavy (non-hydrogen) atoms. The van der Waals surface area contributed by atoms with Gasteiger partial charge in [-0.15, -0.1) is 0 Å². The van der Waals surface area contributed by atoms with E-state index in [0.29, 0.717) is 30.9 Å². The Labute approximate surface area is 175 Å². The fraction of sp³-hybridized carbons (Fsp3) is 0.273. The van der Waals surface area contributed by atoms with Gasteiger partial charge in [0, 0.05) is 61.6 Å². The monoisotopic (exact) mass is 404 g/mol. The average Bonchev–Trinajstić information content (AvgIpc) is 3.44. The van der Waals surface area contributed by atoms with Crippen molar-refractivity contribution in [3.8, 4) is 5.69 Å². The van der Waals surface area contributed by atoms with Crippen molar-refractivity contribution in [3.05, 3.63) is 66.9 Å². The molecule has 3 aromatic rings. The number of benzene rings is 1. The number of pyridine rings is 1. The van der Waals surface area contributed by atoms with Crippen LogP contribution >= 0.6 is 0 Å². The zero-order chi connectivity index (χ0) is 20.8. The van der Waals surface area contributed by atoms with Crippen LogP contribution in [0, 0.1) is 0 Å². The molecule has 3 heterocycles. The Morgan fingerprint density at radius 1 is 1.13 bits per heavy atom. The molecule has 4 rings (SSSR count). The number of carbonyl (C=O) groups excluding carboxylic acids is 2. The smallest absolute Gasteiger partial charge is 0.251 e. The van der Waals surface area contributed by atoms with Gasteiger partial charge in [0.15, 0.2) is 0 Å². The summed E-state index contributed by atoms with van der Waals surface area (Å²) in [5.74, 6) is 0.661. The number of hydrogen-bond acceptors (Lipinski definition) is 5. The average molecular weight is 404 g/mol. The number of nitrogens with one attached hydrogen (secondary N) is 2. The van der Waals surface area contributed by atoms with E-state index in [4.69, 9.17) is 0 Å².